The minimum Gasteiger partial charge on any atom is -0.346 e. The minimum atomic E-state index is -3.25. The maximum absolute atomic E-state index is 12.0. The highest BCUT2D eigenvalue weighted by atomic mass is 32.2. The van der Waals surface area contributed by atoms with Gasteiger partial charge in [0.15, 0.2) is 9.84 Å². The molecule has 0 spiro atoms. The summed E-state index contributed by atoms with van der Waals surface area (Å²) >= 11 is 0. The van der Waals surface area contributed by atoms with Crippen molar-refractivity contribution in [2.45, 2.75) is 18.4 Å². The summed E-state index contributed by atoms with van der Waals surface area (Å²) in [7, 11) is -3.25. The molecule has 0 aliphatic carbocycles. The number of aromatic nitrogens is 1. The van der Waals surface area contributed by atoms with E-state index >= 15 is 0 Å². The van der Waals surface area contributed by atoms with Crippen LogP contribution in [0.1, 0.15) is 21.7 Å². The predicted octanol–water partition coefficient (Wildman–Crippen LogP) is 1.72. The first-order chi connectivity index (χ1) is 9.86. The number of rotatable bonds is 4. The molecule has 21 heavy (non-hydrogen) atoms. The summed E-state index contributed by atoms with van der Waals surface area (Å²) in [6.07, 6.45) is 1.13. The summed E-state index contributed by atoms with van der Waals surface area (Å²) in [5, 5.41) is 2.75. The van der Waals surface area contributed by atoms with Gasteiger partial charge in [0, 0.05) is 17.5 Å². The molecule has 1 amide bonds. The first-order valence-electron chi connectivity index (χ1n) is 6.37. The van der Waals surface area contributed by atoms with Gasteiger partial charge in [0.1, 0.15) is 0 Å². The Bertz CT molecular complexity index is 753. The Hall–Kier alpha value is -2.21. The van der Waals surface area contributed by atoms with Gasteiger partial charge in [-0.3, -0.25) is 9.78 Å². The van der Waals surface area contributed by atoms with Crippen molar-refractivity contribution in [3.63, 3.8) is 0 Å². The summed E-state index contributed by atoms with van der Waals surface area (Å²) in [6.45, 7) is 2.21. The molecule has 0 saturated carbocycles. The molecule has 0 fully saturated rings. The fourth-order valence-corrected chi connectivity index (χ4v) is 2.45. The number of sulfone groups is 1. The highest BCUT2D eigenvalue weighted by Crippen LogP contribution is 2.10. The summed E-state index contributed by atoms with van der Waals surface area (Å²) in [5.74, 6) is -0.265. The van der Waals surface area contributed by atoms with Gasteiger partial charge in [0.2, 0.25) is 0 Å². The van der Waals surface area contributed by atoms with Crippen molar-refractivity contribution in [1.29, 1.82) is 0 Å². The molecule has 0 saturated heterocycles. The van der Waals surface area contributed by atoms with E-state index in [2.05, 4.69) is 10.3 Å². The Morgan fingerprint density at radius 1 is 1.14 bits per heavy atom. The van der Waals surface area contributed by atoms with Crippen LogP contribution in [-0.4, -0.2) is 25.6 Å². The summed E-state index contributed by atoms with van der Waals surface area (Å²) < 4.78 is 22.7. The number of nitrogens with one attached hydrogen (secondary N) is 1. The van der Waals surface area contributed by atoms with Crippen molar-refractivity contribution < 1.29 is 13.2 Å². The molecule has 0 aliphatic heterocycles. The van der Waals surface area contributed by atoms with Crippen molar-refractivity contribution in [2.75, 3.05) is 6.26 Å². The molecule has 0 aliphatic rings. The van der Waals surface area contributed by atoms with E-state index in [1.807, 2.05) is 25.1 Å². The molecule has 6 heteroatoms. The van der Waals surface area contributed by atoms with E-state index in [1.165, 1.54) is 24.3 Å². The Kier molecular flexibility index (Phi) is 4.37. The fourth-order valence-electron chi connectivity index (χ4n) is 1.82. The average molecular weight is 304 g/mol. The number of hydrogen-bond acceptors (Lipinski definition) is 4. The highest BCUT2D eigenvalue weighted by Gasteiger charge is 2.09. The lowest BCUT2D eigenvalue weighted by molar-refractivity contribution is 0.0950. The molecule has 110 valence electrons. The number of carbonyl (C=O) groups excluding carboxylic acids is 1. The topological polar surface area (TPSA) is 76.1 Å². The first kappa shape index (κ1) is 15.2. The van der Waals surface area contributed by atoms with Crippen LogP contribution in [0.2, 0.25) is 0 Å². The normalized spacial score (nSPS) is 11.1. The molecule has 0 bridgehead atoms. The van der Waals surface area contributed by atoms with Crippen molar-refractivity contribution in [3.05, 3.63) is 59.4 Å². The smallest absolute Gasteiger partial charge is 0.251 e. The van der Waals surface area contributed by atoms with Gasteiger partial charge >= 0.3 is 0 Å². The number of benzene rings is 1. The van der Waals surface area contributed by atoms with Crippen LogP contribution < -0.4 is 5.32 Å². The SMILES string of the molecule is Cc1cccc(CNC(=O)c2ccc(S(C)(=O)=O)cc2)n1. The average Bonchev–Trinajstić information content (AvgIpc) is 2.44. The highest BCUT2D eigenvalue weighted by molar-refractivity contribution is 7.90. The second-order valence-electron chi connectivity index (χ2n) is 4.75. The molecule has 0 atom stereocenters. The zero-order valence-corrected chi connectivity index (χ0v) is 12.6. The van der Waals surface area contributed by atoms with Gasteiger partial charge in [-0.1, -0.05) is 6.07 Å². The predicted molar refractivity (Wildman–Crippen MR) is 79.7 cm³/mol. The van der Waals surface area contributed by atoms with Crippen LogP contribution in [0.5, 0.6) is 0 Å². The monoisotopic (exact) mass is 304 g/mol. The number of hydrogen-bond donors (Lipinski definition) is 1. The molecule has 1 aromatic carbocycles. The lowest BCUT2D eigenvalue weighted by Crippen LogP contribution is -2.23. The third kappa shape index (κ3) is 4.13. The molecule has 1 N–H and O–H groups in total. The number of aryl methyl sites for hydroxylation is 1. The number of carbonyl (C=O) groups is 1. The van der Waals surface area contributed by atoms with Crippen molar-refractivity contribution in [3.8, 4) is 0 Å². The van der Waals surface area contributed by atoms with E-state index in [0.29, 0.717) is 12.1 Å². The van der Waals surface area contributed by atoms with Crippen molar-refractivity contribution in [1.82, 2.24) is 10.3 Å². The van der Waals surface area contributed by atoms with Crippen LogP contribution in [0.4, 0.5) is 0 Å². The maximum Gasteiger partial charge on any atom is 0.251 e. The quantitative estimate of drug-likeness (QED) is 0.933. The fraction of sp³-hybridized carbons (Fsp3) is 0.200. The van der Waals surface area contributed by atoms with Crippen LogP contribution in [-0.2, 0) is 16.4 Å². The Balaban J connectivity index is 2.04. The largest absolute Gasteiger partial charge is 0.346 e. The van der Waals surface area contributed by atoms with Crippen molar-refractivity contribution in [2.24, 2.45) is 0 Å². The van der Waals surface area contributed by atoms with Gasteiger partial charge in [-0.25, -0.2) is 8.42 Å². The van der Waals surface area contributed by atoms with Crippen molar-refractivity contribution >= 4 is 15.7 Å². The van der Waals surface area contributed by atoms with E-state index < -0.39 is 9.84 Å². The van der Waals surface area contributed by atoms with Crippen LogP contribution in [0.3, 0.4) is 0 Å². The Morgan fingerprint density at radius 3 is 2.38 bits per heavy atom. The zero-order valence-electron chi connectivity index (χ0n) is 11.8. The van der Waals surface area contributed by atoms with Gasteiger partial charge in [-0.2, -0.15) is 0 Å². The van der Waals surface area contributed by atoms with E-state index in [0.717, 1.165) is 17.6 Å². The van der Waals surface area contributed by atoms with Crippen LogP contribution in [0.15, 0.2) is 47.4 Å². The van der Waals surface area contributed by atoms with E-state index in [4.69, 9.17) is 0 Å². The summed E-state index contributed by atoms with van der Waals surface area (Å²) in [5.41, 5.74) is 2.07. The lowest BCUT2D eigenvalue weighted by atomic mass is 10.2. The second kappa shape index (κ2) is 6.05. The standard InChI is InChI=1S/C15H16N2O3S/c1-11-4-3-5-13(17-11)10-16-15(18)12-6-8-14(9-7-12)21(2,19)20/h3-9H,10H2,1-2H3,(H,16,18). The lowest BCUT2D eigenvalue weighted by Gasteiger charge is -2.06. The van der Waals surface area contributed by atoms with Crippen LogP contribution in [0.25, 0.3) is 0 Å². The number of amides is 1. The molecule has 2 aromatic rings. The number of nitrogens with zero attached hydrogens (tertiary/aromatic N) is 1. The zero-order chi connectivity index (χ0) is 15.5. The van der Waals surface area contributed by atoms with Crippen LogP contribution in [0, 0.1) is 6.92 Å². The second-order valence-corrected chi connectivity index (χ2v) is 6.77. The molecule has 1 heterocycles. The van der Waals surface area contributed by atoms with E-state index in [1.54, 1.807) is 0 Å². The van der Waals surface area contributed by atoms with Gasteiger partial charge in [-0.05, 0) is 43.3 Å². The third-order valence-electron chi connectivity index (χ3n) is 2.92. The van der Waals surface area contributed by atoms with E-state index in [9.17, 15) is 13.2 Å². The molecular weight excluding hydrogens is 288 g/mol. The van der Waals surface area contributed by atoms with Gasteiger partial charge in [0.25, 0.3) is 5.91 Å². The van der Waals surface area contributed by atoms with Gasteiger partial charge in [-0.15, -0.1) is 0 Å². The van der Waals surface area contributed by atoms with E-state index in [-0.39, 0.29) is 10.8 Å². The number of pyridine rings is 1. The molecule has 1 aromatic heterocycles. The van der Waals surface area contributed by atoms with Crippen LogP contribution >= 0.6 is 0 Å². The Labute approximate surface area is 124 Å². The summed E-state index contributed by atoms with van der Waals surface area (Å²) in [4.78, 5) is 16.5. The minimum absolute atomic E-state index is 0.194. The summed E-state index contributed by atoms with van der Waals surface area (Å²) in [6, 6.07) is 11.4. The molecule has 5 nitrogen and oxygen atoms in total. The van der Waals surface area contributed by atoms with Gasteiger partial charge < -0.3 is 5.32 Å². The first-order valence-corrected chi connectivity index (χ1v) is 8.26. The molecular formula is C15H16N2O3S. The molecule has 0 radical (unpaired) electrons. The molecule has 2 rings (SSSR count). The van der Waals surface area contributed by atoms with Gasteiger partial charge in [0.05, 0.1) is 17.1 Å². The Morgan fingerprint density at radius 2 is 1.81 bits per heavy atom. The third-order valence-corrected chi connectivity index (χ3v) is 4.05. The molecule has 0 unspecified atom stereocenters. The maximum atomic E-state index is 12.0.